The first-order chi connectivity index (χ1) is 16.3. The molecule has 1 aliphatic carbocycles. The van der Waals surface area contributed by atoms with E-state index in [0.717, 1.165) is 45.1 Å². The van der Waals surface area contributed by atoms with Gasteiger partial charge in [-0.1, -0.05) is 12.1 Å². The lowest BCUT2D eigenvalue weighted by molar-refractivity contribution is -0.131. The number of carbonyl (C=O) groups excluding carboxylic acids is 3. The van der Waals surface area contributed by atoms with Crippen LogP contribution in [0.2, 0.25) is 0 Å². The number of rotatable bonds is 6. The van der Waals surface area contributed by atoms with E-state index < -0.39 is 11.6 Å². The number of amides is 3. The Kier molecular flexibility index (Phi) is 5.64. The molecule has 3 aromatic rings. The zero-order valence-electron chi connectivity index (χ0n) is 19.2. The highest BCUT2D eigenvalue weighted by molar-refractivity contribution is 7.10. The van der Waals surface area contributed by atoms with E-state index in [2.05, 4.69) is 5.32 Å². The van der Waals surface area contributed by atoms with Crippen molar-refractivity contribution in [1.82, 2.24) is 14.8 Å². The quantitative estimate of drug-likeness (QED) is 0.418. The Hall–Kier alpha value is -3.26. The summed E-state index contributed by atoms with van der Waals surface area (Å²) in [4.78, 5) is 41.7. The first kappa shape index (κ1) is 22.5. The molecule has 1 fully saturated rings. The molecule has 1 atom stereocenters. The van der Waals surface area contributed by atoms with Gasteiger partial charge in [-0.3, -0.25) is 14.5 Å². The molecule has 3 amide bonds. The fourth-order valence-corrected chi connectivity index (χ4v) is 6.23. The SMILES string of the molecule is Cc1cc(C(=O)CN2C(=O)NC3(CCCc4sccc43)C2=O)c(C)n1CCc1ccc(F)cc1. The van der Waals surface area contributed by atoms with Crippen LogP contribution >= 0.6 is 11.3 Å². The van der Waals surface area contributed by atoms with E-state index in [1.807, 2.05) is 35.9 Å². The molecule has 8 heteroatoms. The maximum absolute atomic E-state index is 13.4. The number of halogens is 1. The normalized spacial score (nSPS) is 19.6. The molecule has 2 aromatic heterocycles. The Labute approximate surface area is 201 Å². The van der Waals surface area contributed by atoms with Crippen LogP contribution in [0.4, 0.5) is 9.18 Å². The molecule has 1 aromatic carbocycles. The van der Waals surface area contributed by atoms with Crippen molar-refractivity contribution in [2.45, 2.75) is 51.6 Å². The fourth-order valence-electron chi connectivity index (χ4n) is 5.23. The van der Waals surface area contributed by atoms with E-state index in [0.29, 0.717) is 24.9 Å². The van der Waals surface area contributed by atoms with E-state index in [1.165, 1.54) is 12.1 Å². The van der Waals surface area contributed by atoms with Crippen molar-refractivity contribution in [2.75, 3.05) is 6.54 Å². The maximum atomic E-state index is 13.4. The summed E-state index contributed by atoms with van der Waals surface area (Å²) in [6.45, 7) is 4.16. The number of hydrogen-bond donors (Lipinski definition) is 1. The smallest absolute Gasteiger partial charge is 0.325 e. The van der Waals surface area contributed by atoms with Gasteiger partial charge in [0.1, 0.15) is 11.4 Å². The molecule has 5 rings (SSSR count). The van der Waals surface area contributed by atoms with Crippen LogP contribution < -0.4 is 5.32 Å². The minimum absolute atomic E-state index is 0.261. The molecular formula is C26H26FN3O3S. The van der Waals surface area contributed by atoms with E-state index in [4.69, 9.17) is 0 Å². The van der Waals surface area contributed by atoms with Crippen molar-refractivity contribution in [3.63, 3.8) is 0 Å². The Bertz CT molecular complexity index is 1290. The molecular weight excluding hydrogens is 453 g/mol. The van der Waals surface area contributed by atoms with Crippen LogP contribution in [0, 0.1) is 19.7 Å². The molecule has 2 aliphatic rings. The topological polar surface area (TPSA) is 71.4 Å². The lowest BCUT2D eigenvalue weighted by atomic mass is 9.80. The number of fused-ring (bicyclic) bond motifs is 2. The van der Waals surface area contributed by atoms with Gasteiger partial charge in [0.25, 0.3) is 5.91 Å². The summed E-state index contributed by atoms with van der Waals surface area (Å²) in [7, 11) is 0. The van der Waals surface area contributed by atoms with Crippen molar-refractivity contribution in [3.05, 3.63) is 80.6 Å². The summed E-state index contributed by atoms with van der Waals surface area (Å²) in [6, 6.07) is 9.61. The van der Waals surface area contributed by atoms with E-state index >= 15 is 0 Å². The molecule has 0 saturated carbocycles. The Morgan fingerprint density at radius 1 is 1.18 bits per heavy atom. The van der Waals surface area contributed by atoms with Gasteiger partial charge in [0, 0.05) is 33.9 Å². The van der Waals surface area contributed by atoms with Crippen LogP contribution in [-0.4, -0.2) is 33.7 Å². The highest BCUT2D eigenvalue weighted by Crippen LogP contribution is 2.42. The average Bonchev–Trinajstić information content (AvgIpc) is 3.47. The summed E-state index contributed by atoms with van der Waals surface area (Å²) in [6.07, 6.45) is 2.96. The number of nitrogens with zero attached hydrogens (tertiary/aromatic N) is 2. The molecule has 176 valence electrons. The largest absolute Gasteiger partial charge is 0.348 e. The van der Waals surface area contributed by atoms with Crippen molar-refractivity contribution >= 4 is 29.1 Å². The summed E-state index contributed by atoms with van der Waals surface area (Å²) < 4.78 is 15.2. The number of Topliss-reactive ketones (excluding diaryl/α,β-unsaturated/α-hetero) is 1. The number of urea groups is 1. The molecule has 1 unspecified atom stereocenters. The minimum Gasteiger partial charge on any atom is -0.348 e. The van der Waals surface area contributed by atoms with Gasteiger partial charge in [-0.15, -0.1) is 11.3 Å². The third-order valence-electron chi connectivity index (χ3n) is 7.05. The van der Waals surface area contributed by atoms with Gasteiger partial charge in [0.15, 0.2) is 5.78 Å². The number of hydrogen-bond acceptors (Lipinski definition) is 4. The molecule has 0 bridgehead atoms. The van der Waals surface area contributed by atoms with Crippen molar-refractivity contribution in [2.24, 2.45) is 0 Å². The third-order valence-corrected chi connectivity index (χ3v) is 8.03. The van der Waals surface area contributed by atoms with Crippen LogP contribution in [0.15, 0.2) is 41.8 Å². The second kappa shape index (κ2) is 8.51. The highest BCUT2D eigenvalue weighted by Gasteiger charge is 2.54. The monoisotopic (exact) mass is 479 g/mol. The van der Waals surface area contributed by atoms with Crippen LogP contribution in [0.5, 0.6) is 0 Å². The molecule has 1 N–H and O–H groups in total. The molecule has 6 nitrogen and oxygen atoms in total. The van der Waals surface area contributed by atoms with Crippen LogP contribution in [0.1, 0.15) is 50.6 Å². The molecule has 3 heterocycles. The molecule has 1 spiro atoms. The van der Waals surface area contributed by atoms with Crippen LogP contribution in [0.25, 0.3) is 0 Å². The van der Waals surface area contributed by atoms with Gasteiger partial charge < -0.3 is 9.88 Å². The lowest BCUT2D eigenvalue weighted by Gasteiger charge is -2.31. The number of nitrogens with one attached hydrogen (secondary N) is 1. The van der Waals surface area contributed by atoms with Gasteiger partial charge in [-0.25, -0.2) is 9.18 Å². The Balaban J connectivity index is 1.33. The fraction of sp³-hybridized carbons (Fsp3) is 0.346. The predicted octanol–water partition coefficient (Wildman–Crippen LogP) is 4.51. The predicted molar refractivity (Wildman–Crippen MR) is 128 cm³/mol. The van der Waals surface area contributed by atoms with Crippen molar-refractivity contribution in [1.29, 1.82) is 0 Å². The second-order valence-electron chi connectivity index (χ2n) is 9.07. The van der Waals surface area contributed by atoms with Gasteiger partial charge in [-0.05, 0) is 74.7 Å². The van der Waals surface area contributed by atoms with Crippen molar-refractivity contribution in [3.8, 4) is 0 Å². The maximum Gasteiger partial charge on any atom is 0.325 e. The van der Waals surface area contributed by atoms with E-state index in [9.17, 15) is 18.8 Å². The zero-order valence-corrected chi connectivity index (χ0v) is 20.0. The van der Waals surface area contributed by atoms with Gasteiger partial charge in [-0.2, -0.15) is 0 Å². The number of imide groups is 1. The highest BCUT2D eigenvalue weighted by atomic mass is 32.1. The third kappa shape index (κ3) is 3.66. The van der Waals surface area contributed by atoms with Gasteiger partial charge in [0.2, 0.25) is 0 Å². The molecule has 34 heavy (non-hydrogen) atoms. The Morgan fingerprint density at radius 2 is 1.94 bits per heavy atom. The van der Waals surface area contributed by atoms with Crippen molar-refractivity contribution < 1.29 is 18.8 Å². The summed E-state index contributed by atoms with van der Waals surface area (Å²) in [5, 5.41) is 4.85. The van der Waals surface area contributed by atoms with Gasteiger partial charge >= 0.3 is 6.03 Å². The zero-order chi connectivity index (χ0) is 24.0. The average molecular weight is 480 g/mol. The number of ketones is 1. The number of benzene rings is 1. The number of aromatic nitrogens is 1. The van der Waals surface area contributed by atoms with Crippen LogP contribution in [-0.2, 0) is 29.7 Å². The summed E-state index contributed by atoms with van der Waals surface area (Å²) >= 11 is 1.60. The first-order valence-corrected chi connectivity index (χ1v) is 12.3. The standard InChI is InChI=1S/C26H26FN3O3S/c1-16-14-20(17(2)29(16)12-9-18-5-7-19(27)8-6-18)22(31)15-30-24(32)26(28-25(30)33)11-3-4-23-21(26)10-13-34-23/h5-8,10,13-14H,3-4,9,11-12,15H2,1-2H3,(H,28,33). The molecule has 0 radical (unpaired) electrons. The molecule has 1 aliphatic heterocycles. The second-order valence-corrected chi connectivity index (χ2v) is 10.1. The van der Waals surface area contributed by atoms with E-state index in [1.54, 1.807) is 23.5 Å². The first-order valence-electron chi connectivity index (χ1n) is 11.5. The number of thiophene rings is 1. The summed E-state index contributed by atoms with van der Waals surface area (Å²) in [5.74, 6) is -0.867. The lowest BCUT2D eigenvalue weighted by Crippen LogP contribution is -2.46. The molecule has 1 saturated heterocycles. The number of carbonyl (C=O) groups is 3. The van der Waals surface area contributed by atoms with E-state index in [-0.39, 0.29) is 24.1 Å². The summed E-state index contributed by atoms with van der Waals surface area (Å²) in [5.41, 5.74) is 3.06. The number of aryl methyl sites for hydroxylation is 3. The minimum atomic E-state index is -1.04. The van der Waals surface area contributed by atoms with Crippen LogP contribution in [0.3, 0.4) is 0 Å². The Morgan fingerprint density at radius 3 is 2.71 bits per heavy atom. The van der Waals surface area contributed by atoms with Gasteiger partial charge in [0.05, 0.1) is 6.54 Å².